The van der Waals surface area contributed by atoms with E-state index in [9.17, 15) is 8.42 Å². The Kier molecular flexibility index (Phi) is 9.75. The molecule has 2 aromatic carbocycles. The first kappa shape index (κ1) is 25.9. The molecule has 0 heterocycles. The molecule has 2 rings (SSSR count). The molecular weight excluding hydrogens is 426 g/mol. The van der Waals surface area contributed by atoms with Crippen LogP contribution >= 0.6 is 0 Å². The van der Waals surface area contributed by atoms with E-state index >= 15 is 0 Å². The maximum Gasteiger partial charge on any atom is 0.220 e. The minimum atomic E-state index is -3.73. The number of sulfonamides is 1. The van der Waals surface area contributed by atoms with Gasteiger partial charge in [0, 0.05) is 20.2 Å². The minimum absolute atomic E-state index is 0.140. The van der Waals surface area contributed by atoms with Crippen LogP contribution in [0.5, 0.6) is 11.5 Å². The van der Waals surface area contributed by atoms with Crippen LogP contribution in [0, 0.1) is 5.92 Å². The fraction of sp³-hybridized carbons (Fsp3) is 0.440. The molecule has 32 heavy (non-hydrogen) atoms. The van der Waals surface area contributed by atoms with Crippen LogP contribution in [-0.4, -0.2) is 45.4 Å². The predicted octanol–water partition coefficient (Wildman–Crippen LogP) is 4.65. The summed E-state index contributed by atoms with van der Waals surface area (Å²) in [6.45, 7) is 8.08. The quantitative estimate of drug-likeness (QED) is 0.406. The van der Waals surface area contributed by atoms with Crippen molar-refractivity contribution in [1.29, 1.82) is 0 Å². The van der Waals surface area contributed by atoms with Crippen molar-refractivity contribution in [3.05, 3.63) is 72.3 Å². The second-order valence-corrected chi connectivity index (χ2v) is 10.1. The van der Waals surface area contributed by atoms with Gasteiger partial charge >= 0.3 is 0 Å². The van der Waals surface area contributed by atoms with Crippen LogP contribution in [0.15, 0.2) is 61.2 Å². The van der Waals surface area contributed by atoms with E-state index in [1.165, 1.54) is 4.31 Å². The molecule has 0 aliphatic rings. The lowest BCUT2D eigenvalue weighted by Crippen LogP contribution is -2.47. The van der Waals surface area contributed by atoms with E-state index in [0.717, 1.165) is 22.6 Å². The molecule has 6 nitrogen and oxygen atoms in total. The molecule has 0 aliphatic heterocycles. The lowest BCUT2D eigenvalue weighted by Gasteiger charge is -2.34. The summed E-state index contributed by atoms with van der Waals surface area (Å²) in [6.07, 6.45) is 1.68. The number of hydrogen-bond acceptors (Lipinski definition) is 5. The molecule has 0 spiro atoms. The van der Waals surface area contributed by atoms with E-state index in [-0.39, 0.29) is 19.0 Å². The van der Waals surface area contributed by atoms with Gasteiger partial charge in [0.2, 0.25) is 10.0 Å². The van der Waals surface area contributed by atoms with Gasteiger partial charge in [-0.2, -0.15) is 4.31 Å². The zero-order valence-corrected chi connectivity index (χ0v) is 20.5. The van der Waals surface area contributed by atoms with Crippen molar-refractivity contribution in [2.75, 3.05) is 21.3 Å². The summed E-state index contributed by atoms with van der Waals surface area (Å²) in [7, 11) is 1.03. The van der Waals surface area contributed by atoms with E-state index in [4.69, 9.17) is 14.2 Å². The zero-order valence-electron chi connectivity index (χ0n) is 19.7. The topological polar surface area (TPSA) is 65.1 Å². The number of ether oxygens (including phenoxy) is 3. The molecule has 2 atom stereocenters. The Morgan fingerprint density at radius 1 is 0.875 bits per heavy atom. The molecule has 0 aliphatic carbocycles. The van der Waals surface area contributed by atoms with Crippen molar-refractivity contribution in [3.8, 4) is 11.5 Å². The van der Waals surface area contributed by atoms with Crippen LogP contribution in [-0.2, 0) is 27.8 Å². The third kappa shape index (κ3) is 6.58. The van der Waals surface area contributed by atoms with E-state index in [0.29, 0.717) is 6.42 Å². The van der Waals surface area contributed by atoms with Crippen LogP contribution in [0.25, 0.3) is 0 Å². The van der Waals surface area contributed by atoms with Crippen LogP contribution in [0.1, 0.15) is 31.4 Å². The van der Waals surface area contributed by atoms with Gasteiger partial charge in [0.05, 0.1) is 20.3 Å². The van der Waals surface area contributed by atoms with Gasteiger partial charge in [-0.05, 0) is 47.7 Å². The molecule has 2 aromatic rings. The first-order valence-electron chi connectivity index (χ1n) is 10.6. The second-order valence-electron chi connectivity index (χ2n) is 8.02. The highest BCUT2D eigenvalue weighted by Crippen LogP contribution is 2.28. The molecule has 0 N–H and O–H groups in total. The van der Waals surface area contributed by atoms with Crippen LogP contribution in [0.3, 0.4) is 0 Å². The number of nitrogens with zero attached hydrogens (tertiary/aromatic N) is 1. The van der Waals surface area contributed by atoms with Crippen molar-refractivity contribution in [3.63, 3.8) is 0 Å². The molecule has 0 radical (unpaired) electrons. The number of benzene rings is 2. The summed E-state index contributed by atoms with van der Waals surface area (Å²) in [4.78, 5) is 0. The van der Waals surface area contributed by atoms with Crippen molar-refractivity contribution in [1.82, 2.24) is 4.31 Å². The van der Waals surface area contributed by atoms with E-state index < -0.39 is 21.4 Å². The average Bonchev–Trinajstić information content (AvgIpc) is 2.78. The largest absolute Gasteiger partial charge is 0.497 e. The molecule has 0 bridgehead atoms. The Labute approximate surface area is 192 Å². The molecule has 0 saturated heterocycles. The van der Waals surface area contributed by atoms with Crippen molar-refractivity contribution in [2.45, 2.75) is 44.7 Å². The van der Waals surface area contributed by atoms with Crippen molar-refractivity contribution in [2.24, 2.45) is 5.92 Å². The SMILES string of the molecule is C=CC[C@H](OC)[C@H](C(C)C)S(=O)(=O)N(Cc1ccc(OC)cc1)Cc1ccc(OC)cc1. The van der Waals surface area contributed by atoms with E-state index in [1.807, 2.05) is 62.4 Å². The van der Waals surface area contributed by atoms with Crippen LogP contribution in [0.2, 0.25) is 0 Å². The summed E-state index contributed by atoms with van der Waals surface area (Å²) in [6, 6.07) is 14.9. The smallest absolute Gasteiger partial charge is 0.220 e. The van der Waals surface area contributed by atoms with Crippen molar-refractivity contribution >= 4 is 10.0 Å². The zero-order chi connectivity index (χ0) is 23.7. The lowest BCUT2D eigenvalue weighted by molar-refractivity contribution is 0.0877. The Hall–Kier alpha value is -2.35. The fourth-order valence-electron chi connectivity index (χ4n) is 3.77. The lowest BCUT2D eigenvalue weighted by atomic mass is 10.0. The molecule has 0 amide bonds. The molecule has 176 valence electrons. The Bertz CT molecular complexity index is 890. The van der Waals surface area contributed by atoms with Crippen LogP contribution in [0.4, 0.5) is 0 Å². The van der Waals surface area contributed by atoms with Gasteiger partial charge in [0.15, 0.2) is 0 Å². The predicted molar refractivity (Wildman–Crippen MR) is 128 cm³/mol. The van der Waals surface area contributed by atoms with Crippen molar-refractivity contribution < 1.29 is 22.6 Å². The van der Waals surface area contributed by atoms with Gasteiger partial charge in [0.1, 0.15) is 16.7 Å². The summed E-state index contributed by atoms with van der Waals surface area (Å²) in [5.41, 5.74) is 1.76. The monoisotopic (exact) mass is 461 g/mol. The highest BCUT2D eigenvalue weighted by atomic mass is 32.2. The second kappa shape index (κ2) is 12.0. The van der Waals surface area contributed by atoms with Gasteiger partial charge in [-0.1, -0.05) is 44.2 Å². The molecule has 7 heteroatoms. The van der Waals surface area contributed by atoms with Gasteiger partial charge in [-0.25, -0.2) is 8.42 Å². The average molecular weight is 462 g/mol. The normalized spacial score (nSPS) is 13.7. The number of methoxy groups -OCH3 is 3. The minimum Gasteiger partial charge on any atom is -0.497 e. The summed E-state index contributed by atoms with van der Waals surface area (Å²) in [5.74, 6) is 1.31. The maximum atomic E-state index is 14.0. The van der Waals surface area contributed by atoms with E-state index in [1.54, 1.807) is 27.4 Å². The highest BCUT2D eigenvalue weighted by Gasteiger charge is 2.39. The Morgan fingerprint density at radius 2 is 1.31 bits per heavy atom. The molecule has 0 fully saturated rings. The van der Waals surface area contributed by atoms with Gasteiger partial charge in [-0.15, -0.1) is 6.58 Å². The highest BCUT2D eigenvalue weighted by molar-refractivity contribution is 7.89. The van der Waals surface area contributed by atoms with E-state index in [2.05, 4.69) is 6.58 Å². The standard InChI is InChI=1S/C25H35NO5S/c1-7-8-24(31-6)25(19(2)3)32(27,28)26(17-20-9-13-22(29-4)14-10-20)18-21-11-15-23(30-5)16-12-21/h7,9-16,19,24-25H,1,8,17-18H2,2-6H3/t24-,25-/m0/s1. The molecular formula is C25H35NO5S. The third-order valence-corrected chi connectivity index (χ3v) is 7.98. The Balaban J connectivity index is 2.45. The summed E-state index contributed by atoms with van der Waals surface area (Å²) in [5, 5.41) is -0.706. The molecule has 0 saturated carbocycles. The first-order chi connectivity index (χ1) is 15.3. The number of hydrogen-bond donors (Lipinski definition) is 0. The number of rotatable bonds is 13. The van der Waals surface area contributed by atoms with Gasteiger partial charge < -0.3 is 14.2 Å². The Morgan fingerprint density at radius 3 is 1.62 bits per heavy atom. The van der Waals surface area contributed by atoms with Gasteiger partial charge in [-0.3, -0.25) is 0 Å². The molecule has 0 unspecified atom stereocenters. The maximum absolute atomic E-state index is 14.0. The first-order valence-corrected chi connectivity index (χ1v) is 12.2. The summed E-state index contributed by atoms with van der Waals surface area (Å²) >= 11 is 0. The summed E-state index contributed by atoms with van der Waals surface area (Å²) < 4.78 is 45.5. The van der Waals surface area contributed by atoms with Crippen LogP contribution < -0.4 is 9.47 Å². The molecule has 0 aromatic heterocycles. The third-order valence-electron chi connectivity index (χ3n) is 5.47. The van der Waals surface area contributed by atoms with Gasteiger partial charge in [0.25, 0.3) is 0 Å². The fourth-order valence-corrected chi connectivity index (χ4v) is 6.07.